The zero-order valence-corrected chi connectivity index (χ0v) is 45.6. The molecule has 0 bridgehead atoms. The van der Waals surface area contributed by atoms with Crippen LogP contribution in [0.1, 0.15) is 160 Å². The van der Waals surface area contributed by atoms with Crippen molar-refractivity contribution in [3.8, 4) is 0 Å². The predicted octanol–water partition coefficient (Wildman–Crippen LogP) is 6.91. The van der Waals surface area contributed by atoms with Crippen LogP contribution in [-0.4, -0.2) is 146 Å². The SMILES string of the molecule is CC1(C)CC(N=C=O)CC(C)(CN=C=O)C1.CC1(C)CC(N=C=O)CC(C)(CN=C=O)C1.CC1(C)CC(N=C=O)CC(C)(CN=C=O)C1.CC1(C)CC(N=C=O)CC(C)(CN=C=O)C1.OCC(CO)(CO)CO. The highest BCUT2D eigenvalue weighted by atomic mass is 16.3. The summed E-state index contributed by atoms with van der Waals surface area (Å²) in [5.41, 5.74) is -0.887. The lowest BCUT2D eigenvalue weighted by Gasteiger charge is -2.44. The Kier molecular flexibility index (Phi) is 28.8. The van der Waals surface area contributed by atoms with Crippen molar-refractivity contribution < 1.29 is 58.8 Å². The highest BCUT2D eigenvalue weighted by Crippen LogP contribution is 2.50. The Hall–Kier alpha value is -5.12. The molecule has 0 aromatic rings. The summed E-state index contributed by atoms with van der Waals surface area (Å²) < 4.78 is 0. The molecule has 8 unspecified atom stereocenters. The quantitative estimate of drug-likeness (QED) is 0.0905. The number of aliphatic imine (C=N–C) groups is 8. The molecule has 4 N–H and O–H groups in total. The summed E-state index contributed by atoms with van der Waals surface area (Å²) >= 11 is 0. The lowest BCUT2D eigenvalue weighted by Crippen LogP contribution is -2.39. The van der Waals surface area contributed by atoms with Gasteiger partial charge in [-0.05, 0) is 120 Å². The molecule has 4 saturated carbocycles. The van der Waals surface area contributed by atoms with Crippen LogP contribution in [0, 0.1) is 48.7 Å². The van der Waals surface area contributed by atoms with Crippen LogP contribution in [-0.2, 0) is 38.4 Å². The molecule has 4 fully saturated rings. The second kappa shape index (κ2) is 30.9. The second-order valence-electron chi connectivity index (χ2n) is 25.5. The average Bonchev–Trinajstić information content (AvgIpc) is 3.26. The van der Waals surface area contributed by atoms with E-state index in [4.69, 9.17) is 20.4 Å². The number of aliphatic hydroxyl groups is 4. The fraction of sp³-hybridized carbons (Fsp3) is 0.849. The van der Waals surface area contributed by atoms with Crippen molar-refractivity contribution in [3.05, 3.63) is 0 Å². The minimum Gasteiger partial charge on any atom is -0.396 e. The van der Waals surface area contributed by atoms with Crippen molar-refractivity contribution in [3.63, 3.8) is 0 Å². The maximum absolute atomic E-state index is 10.3. The van der Waals surface area contributed by atoms with Gasteiger partial charge in [0.15, 0.2) is 0 Å². The van der Waals surface area contributed by atoms with Gasteiger partial charge in [-0.25, -0.2) is 78.3 Å². The number of nitrogens with zero attached hydrogens (tertiary/aromatic N) is 8. The van der Waals surface area contributed by atoms with Gasteiger partial charge in [-0.15, -0.1) is 0 Å². The van der Waals surface area contributed by atoms with Gasteiger partial charge in [-0.3, -0.25) is 0 Å². The summed E-state index contributed by atoms with van der Waals surface area (Å²) in [4.78, 5) is 112. The highest BCUT2D eigenvalue weighted by molar-refractivity contribution is 5.36. The Bertz CT molecular complexity index is 1850. The minimum absolute atomic E-state index is 0.00750. The number of hydrogen-bond acceptors (Lipinski definition) is 20. The van der Waals surface area contributed by atoms with Gasteiger partial charge in [0, 0.05) is 0 Å². The highest BCUT2D eigenvalue weighted by Gasteiger charge is 2.44. The zero-order chi connectivity index (χ0) is 56.3. The van der Waals surface area contributed by atoms with Crippen LogP contribution in [0.15, 0.2) is 39.9 Å². The van der Waals surface area contributed by atoms with E-state index >= 15 is 0 Å². The molecule has 0 heterocycles. The molecule has 8 atom stereocenters. The van der Waals surface area contributed by atoms with Crippen molar-refractivity contribution in [2.45, 2.75) is 184 Å². The molecule has 20 heteroatoms. The molecule has 0 aromatic heterocycles. The molecule has 0 saturated heterocycles. The number of rotatable bonds is 16. The Morgan fingerprint density at radius 2 is 0.507 bits per heavy atom. The van der Waals surface area contributed by atoms with Gasteiger partial charge in [0.1, 0.15) is 0 Å². The van der Waals surface area contributed by atoms with Gasteiger partial charge in [0.25, 0.3) is 0 Å². The Morgan fingerprint density at radius 1 is 0.329 bits per heavy atom. The van der Waals surface area contributed by atoms with E-state index < -0.39 is 31.8 Å². The minimum atomic E-state index is -1.11. The van der Waals surface area contributed by atoms with E-state index in [1.54, 1.807) is 48.6 Å². The Morgan fingerprint density at radius 3 is 0.630 bits per heavy atom. The Balaban J connectivity index is 0.000000898. The van der Waals surface area contributed by atoms with E-state index in [2.05, 4.69) is 123 Å². The van der Waals surface area contributed by atoms with Crippen LogP contribution >= 0.6 is 0 Å². The van der Waals surface area contributed by atoms with Gasteiger partial charge >= 0.3 is 0 Å². The number of aliphatic hydroxyl groups excluding tert-OH is 4. The van der Waals surface area contributed by atoms with Gasteiger partial charge < -0.3 is 20.4 Å². The lowest BCUT2D eigenvalue weighted by molar-refractivity contribution is -0.0328. The predicted molar refractivity (Wildman–Crippen MR) is 273 cm³/mol. The van der Waals surface area contributed by atoms with Crippen molar-refractivity contribution >= 4 is 48.6 Å². The molecule has 4 aliphatic carbocycles. The summed E-state index contributed by atoms with van der Waals surface area (Å²) in [6, 6.07) is 0.0300. The summed E-state index contributed by atoms with van der Waals surface area (Å²) in [7, 11) is 0. The molecule has 4 rings (SSSR count). The lowest BCUT2D eigenvalue weighted by atomic mass is 9.63. The Labute approximate surface area is 431 Å². The number of carbonyl (C=O) groups excluding carboxylic acids is 8. The van der Waals surface area contributed by atoms with Gasteiger partial charge in [-0.2, -0.15) is 0 Å². The average molecular weight is 1030 g/mol. The molecule has 408 valence electrons. The van der Waals surface area contributed by atoms with Gasteiger partial charge in [0.05, 0.1) is 82.2 Å². The van der Waals surface area contributed by atoms with Crippen molar-refractivity contribution in [2.75, 3.05) is 52.6 Å². The third-order valence-electron chi connectivity index (χ3n) is 14.1. The van der Waals surface area contributed by atoms with Crippen molar-refractivity contribution in [1.82, 2.24) is 0 Å². The van der Waals surface area contributed by atoms with Crippen LogP contribution in [0.3, 0.4) is 0 Å². The van der Waals surface area contributed by atoms with Crippen molar-refractivity contribution in [1.29, 1.82) is 0 Å². The number of isocyanates is 8. The fourth-order valence-corrected chi connectivity index (χ4v) is 12.7. The molecule has 20 nitrogen and oxygen atoms in total. The molecule has 0 amide bonds. The summed E-state index contributed by atoms with van der Waals surface area (Å²) in [6.45, 7) is 25.8. The maximum atomic E-state index is 10.3. The maximum Gasteiger partial charge on any atom is 0.235 e. The first-order valence-electron chi connectivity index (χ1n) is 24.7. The van der Waals surface area contributed by atoms with Crippen LogP contribution < -0.4 is 0 Å². The summed E-state index contributed by atoms with van der Waals surface area (Å²) in [5.74, 6) is 0. The van der Waals surface area contributed by atoms with Crippen LogP contribution in [0.4, 0.5) is 0 Å². The largest absolute Gasteiger partial charge is 0.396 e. The fourth-order valence-electron chi connectivity index (χ4n) is 12.7. The molecule has 73 heavy (non-hydrogen) atoms. The van der Waals surface area contributed by atoms with E-state index in [1.165, 1.54) is 0 Å². The van der Waals surface area contributed by atoms with E-state index in [1.807, 2.05) is 0 Å². The van der Waals surface area contributed by atoms with Gasteiger partial charge in [0.2, 0.25) is 48.6 Å². The first kappa shape index (κ1) is 67.9. The summed E-state index contributed by atoms with van der Waals surface area (Å²) in [6.07, 6.45) is 23.5. The molecular formula is C53H84N8O12. The normalized spacial score (nSPS) is 29.8. The standard InChI is InChI=1S/4C12H18N2O2.C5H12O4/c4*1-11(2)4-10(14-9-16)5-12(3,6-11)7-13-8-15;6-1-5(2-7,3-8)4-9/h4*10H,4-7H2,1-3H3;6-9H,1-4H2. The van der Waals surface area contributed by atoms with Crippen molar-refractivity contribution in [2.24, 2.45) is 88.7 Å². The molecule has 4 aliphatic rings. The van der Waals surface area contributed by atoms with Gasteiger partial charge in [-0.1, -0.05) is 83.1 Å². The molecule has 0 spiro atoms. The third kappa shape index (κ3) is 26.6. The monoisotopic (exact) mass is 1020 g/mol. The summed E-state index contributed by atoms with van der Waals surface area (Å²) in [5, 5.41) is 34.0. The van der Waals surface area contributed by atoms with E-state index in [0.29, 0.717) is 26.2 Å². The second-order valence-corrected chi connectivity index (χ2v) is 25.5. The van der Waals surface area contributed by atoms with Crippen LogP contribution in [0.2, 0.25) is 0 Å². The van der Waals surface area contributed by atoms with E-state index in [0.717, 1.165) is 77.0 Å². The molecule has 0 aliphatic heterocycles. The first-order chi connectivity index (χ1) is 33.9. The van der Waals surface area contributed by atoms with E-state index in [-0.39, 0.29) is 67.5 Å². The zero-order valence-electron chi connectivity index (χ0n) is 45.6. The van der Waals surface area contributed by atoms with Crippen LogP contribution in [0.5, 0.6) is 0 Å². The number of hydrogen-bond donors (Lipinski definition) is 4. The smallest absolute Gasteiger partial charge is 0.235 e. The van der Waals surface area contributed by atoms with E-state index in [9.17, 15) is 38.4 Å². The molecule has 0 aromatic carbocycles. The third-order valence-corrected chi connectivity index (χ3v) is 14.1. The molecule has 0 radical (unpaired) electrons. The van der Waals surface area contributed by atoms with Crippen LogP contribution in [0.25, 0.3) is 0 Å². The topological polar surface area (TPSA) is 316 Å². The first-order valence-corrected chi connectivity index (χ1v) is 24.7. The molecular weight excluding hydrogens is 941 g/mol.